The minimum absolute atomic E-state index is 0.350. The van der Waals surface area contributed by atoms with E-state index in [9.17, 15) is 0 Å². The third-order valence-corrected chi connectivity index (χ3v) is 5.38. The van der Waals surface area contributed by atoms with Crippen molar-refractivity contribution in [2.75, 3.05) is 27.7 Å². The number of hydrogen-bond donors (Lipinski definition) is 2. The number of thiophene rings is 2. The molecule has 0 saturated heterocycles. The predicted molar refractivity (Wildman–Crippen MR) is 98.0 cm³/mol. The third-order valence-electron chi connectivity index (χ3n) is 3.41. The summed E-state index contributed by atoms with van der Waals surface area (Å²) in [7, 11) is 6.03. The molecule has 2 heterocycles. The molecule has 0 aliphatic carbocycles. The molecule has 2 N–H and O–H groups in total. The first kappa shape index (κ1) is 17.0. The first-order valence-corrected chi connectivity index (χ1v) is 8.99. The summed E-state index contributed by atoms with van der Waals surface area (Å²) in [5.41, 5.74) is 0. The van der Waals surface area contributed by atoms with E-state index >= 15 is 0 Å². The van der Waals surface area contributed by atoms with Gasteiger partial charge in [0.05, 0.1) is 12.6 Å². The Hall–Kier alpha value is -1.37. The number of hydrogen-bond acceptors (Lipinski definition) is 4. The largest absolute Gasteiger partial charge is 0.354 e. The van der Waals surface area contributed by atoms with E-state index in [0.29, 0.717) is 6.04 Å². The summed E-state index contributed by atoms with van der Waals surface area (Å²) in [5, 5.41) is 8.92. The molecule has 0 bridgehead atoms. The standard InChI is InChI=1S/C16H24N4S2/c1-12-7-8-13(22-12)10-18-16(17-2)19-11-14(20(3)4)15-6-5-9-21-15/h5-9,14H,10-11H2,1-4H3,(H2,17,18,19). The first-order chi connectivity index (χ1) is 10.6. The molecule has 0 aliphatic rings. The van der Waals surface area contributed by atoms with E-state index in [1.165, 1.54) is 14.6 Å². The van der Waals surface area contributed by atoms with Gasteiger partial charge < -0.3 is 15.5 Å². The maximum absolute atomic E-state index is 4.31. The average molecular weight is 337 g/mol. The van der Waals surface area contributed by atoms with E-state index in [-0.39, 0.29) is 0 Å². The van der Waals surface area contributed by atoms with Gasteiger partial charge in [-0.25, -0.2) is 0 Å². The normalized spacial score (nSPS) is 13.4. The second-order valence-electron chi connectivity index (χ2n) is 5.31. The van der Waals surface area contributed by atoms with Crippen LogP contribution in [0.15, 0.2) is 34.6 Å². The Balaban J connectivity index is 1.87. The van der Waals surface area contributed by atoms with Crippen molar-refractivity contribution < 1.29 is 0 Å². The molecule has 0 aromatic carbocycles. The van der Waals surface area contributed by atoms with Gasteiger partial charge in [-0.05, 0) is 44.6 Å². The molecule has 0 spiro atoms. The highest BCUT2D eigenvalue weighted by molar-refractivity contribution is 7.11. The van der Waals surface area contributed by atoms with Gasteiger partial charge >= 0.3 is 0 Å². The molecule has 0 radical (unpaired) electrons. The van der Waals surface area contributed by atoms with Gasteiger partial charge in [0.2, 0.25) is 0 Å². The third kappa shape index (κ3) is 4.83. The van der Waals surface area contributed by atoms with E-state index in [1.807, 2.05) is 18.4 Å². The van der Waals surface area contributed by atoms with Crippen LogP contribution in [0.1, 0.15) is 20.7 Å². The molecule has 2 aromatic heterocycles. The number of aliphatic imine (C=N–C) groups is 1. The minimum atomic E-state index is 0.350. The van der Waals surface area contributed by atoms with Crippen molar-refractivity contribution in [3.8, 4) is 0 Å². The highest BCUT2D eigenvalue weighted by Gasteiger charge is 2.15. The van der Waals surface area contributed by atoms with Crippen molar-refractivity contribution in [1.82, 2.24) is 15.5 Å². The Bertz CT molecular complexity index is 587. The van der Waals surface area contributed by atoms with Crippen molar-refractivity contribution >= 4 is 28.6 Å². The Kier molecular flexibility index (Phi) is 6.42. The van der Waals surface area contributed by atoms with Gasteiger partial charge in [-0.3, -0.25) is 4.99 Å². The molecule has 4 nitrogen and oxygen atoms in total. The van der Waals surface area contributed by atoms with Crippen molar-refractivity contribution in [2.24, 2.45) is 4.99 Å². The zero-order valence-corrected chi connectivity index (χ0v) is 15.2. The Labute approximate surface area is 140 Å². The summed E-state index contributed by atoms with van der Waals surface area (Å²) in [6.07, 6.45) is 0. The van der Waals surface area contributed by atoms with E-state index < -0.39 is 0 Å². The maximum atomic E-state index is 4.31. The number of likely N-dealkylation sites (N-methyl/N-ethyl adjacent to an activating group) is 1. The van der Waals surface area contributed by atoms with Crippen molar-refractivity contribution in [2.45, 2.75) is 19.5 Å². The summed E-state index contributed by atoms with van der Waals surface area (Å²) < 4.78 is 0. The minimum Gasteiger partial charge on any atom is -0.354 e. The van der Waals surface area contributed by atoms with Crippen LogP contribution in [0.2, 0.25) is 0 Å². The second-order valence-corrected chi connectivity index (χ2v) is 7.67. The van der Waals surface area contributed by atoms with Gasteiger partial charge in [0.1, 0.15) is 0 Å². The molecule has 1 unspecified atom stereocenters. The Morgan fingerprint density at radius 1 is 1.27 bits per heavy atom. The van der Waals surface area contributed by atoms with E-state index in [4.69, 9.17) is 0 Å². The van der Waals surface area contributed by atoms with Gasteiger partial charge in [-0.2, -0.15) is 0 Å². The molecular weight excluding hydrogens is 312 g/mol. The summed E-state index contributed by atoms with van der Waals surface area (Å²) in [6, 6.07) is 8.94. The summed E-state index contributed by atoms with van der Waals surface area (Å²) >= 11 is 3.61. The van der Waals surface area contributed by atoms with Crippen molar-refractivity contribution in [3.05, 3.63) is 44.3 Å². The van der Waals surface area contributed by atoms with Gasteiger partial charge in [0.25, 0.3) is 0 Å². The molecule has 0 aliphatic heterocycles. The lowest BCUT2D eigenvalue weighted by atomic mass is 10.2. The molecule has 2 aromatic rings. The molecular formula is C16H24N4S2. The lowest BCUT2D eigenvalue weighted by molar-refractivity contribution is 0.302. The number of aryl methyl sites for hydroxylation is 1. The van der Waals surface area contributed by atoms with Gasteiger partial charge in [0, 0.05) is 28.2 Å². The van der Waals surface area contributed by atoms with Gasteiger partial charge in [0.15, 0.2) is 5.96 Å². The van der Waals surface area contributed by atoms with Crippen LogP contribution in [0.5, 0.6) is 0 Å². The lowest BCUT2D eigenvalue weighted by Crippen LogP contribution is -2.41. The van der Waals surface area contributed by atoms with Crippen LogP contribution in [-0.2, 0) is 6.54 Å². The molecule has 0 saturated carbocycles. The molecule has 0 amide bonds. The number of rotatable bonds is 6. The molecule has 1 atom stereocenters. The average Bonchev–Trinajstić information content (AvgIpc) is 3.14. The number of guanidine groups is 1. The van der Waals surface area contributed by atoms with E-state index in [2.05, 4.69) is 71.2 Å². The van der Waals surface area contributed by atoms with Crippen molar-refractivity contribution in [1.29, 1.82) is 0 Å². The summed E-state index contributed by atoms with van der Waals surface area (Å²) in [6.45, 7) is 3.77. The SMILES string of the molecule is CN=C(NCc1ccc(C)s1)NCC(c1cccs1)N(C)C. The molecule has 0 fully saturated rings. The fourth-order valence-electron chi connectivity index (χ4n) is 2.18. The monoisotopic (exact) mass is 336 g/mol. The zero-order valence-electron chi connectivity index (χ0n) is 13.6. The Morgan fingerprint density at radius 2 is 2.09 bits per heavy atom. The topological polar surface area (TPSA) is 39.7 Å². The predicted octanol–water partition coefficient (Wildman–Crippen LogP) is 3.09. The zero-order chi connectivity index (χ0) is 15.9. The maximum Gasteiger partial charge on any atom is 0.191 e. The van der Waals surface area contributed by atoms with Crippen LogP contribution >= 0.6 is 22.7 Å². The molecule has 6 heteroatoms. The van der Waals surface area contributed by atoms with Gasteiger partial charge in [-0.15, -0.1) is 22.7 Å². The number of nitrogens with one attached hydrogen (secondary N) is 2. The van der Waals surface area contributed by atoms with Crippen LogP contribution in [0, 0.1) is 6.92 Å². The van der Waals surface area contributed by atoms with Crippen LogP contribution in [0.4, 0.5) is 0 Å². The number of nitrogens with zero attached hydrogens (tertiary/aromatic N) is 2. The fourth-order valence-corrected chi connectivity index (χ4v) is 3.94. The fraction of sp³-hybridized carbons (Fsp3) is 0.438. The first-order valence-electron chi connectivity index (χ1n) is 7.30. The van der Waals surface area contributed by atoms with Crippen LogP contribution in [0.3, 0.4) is 0 Å². The van der Waals surface area contributed by atoms with Crippen LogP contribution in [-0.4, -0.2) is 38.5 Å². The van der Waals surface area contributed by atoms with Crippen LogP contribution in [0.25, 0.3) is 0 Å². The molecule has 2 rings (SSSR count). The highest BCUT2D eigenvalue weighted by Crippen LogP contribution is 2.22. The van der Waals surface area contributed by atoms with Crippen LogP contribution < -0.4 is 10.6 Å². The van der Waals surface area contributed by atoms with E-state index in [1.54, 1.807) is 11.3 Å². The smallest absolute Gasteiger partial charge is 0.191 e. The highest BCUT2D eigenvalue weighted by atomic mass is 32.1. The quantitative estimate of drug-likeness (QED) is 0.629. The Morgan fingerprint density at radius 3 is 2.64 bits per heavy atom. The second kappa shape index (κ2) is 8.31. The molecule has 120 valence electrons. The lowest BCUT2D eigenvalue weighted by Gasteiger charge is -2.24. The summed E-state index contributed by atoms with van der Waals surface area (Å²) in [5.74, 6) is 0.842. The van der Waals surface area contributed by atoms with E-state index in [0.717, 1.165) is 19.0 Å². The van der Waals surface area contributed by atoms with Crippen molar-refractivity contribution in [3.63, 3.8) is 0 Å². The molecule has 22 heavy (non-hydrogen) atoms. The van der Waals surface area contributed by atoms with Gasteiger partial charge in [-0.1, -0.05) is 6.07 Å². The summed E-state index contributed by atoms with van der Waals surface area (Å²) in [4.78, 5) is 10.6.